The number of hydrogen-bond acceptors (Lipinski definition) is 2. The Kier molecular flexibility index (Phi) is 4.80. The molecular formula is C26H30N2O2. The molecule has 1 aliphatic carbocycles. The van der Waals surface area contributed by atoms with E-state index in [9.17, 15) is 4.79 Å². The van der Waals surface area contributed by atoms with Gasteiger partial charge in [0.1, 0.15) is 5.75 Å². The van der Waals surface area contributed by atoms with Gasteiger partial charge in [0, 0.05) is 47.4 Å². The van der Waals surface area contributed by atoms with Crippen molar-refractivity contribution in [2.75, 3.05) is 13.7 Å². The number of benzene rings is 2. The number of likely N-dealkylation sites (tertiary alicyclic amines) is 1. The van der Waals surface area contributed by atoms with E-state index in [0.717, 1.165) is 44.4 Å². The SMILES string of the molecule is CCCCC(=O)N1CC[C@]2(c3cccc(OC)c3)C[C@H]1Cc1[nH]c3ccccc3c12. The van der Waals surface area contributed by atoms with Crippen molar-refractivity contribution < 1.29 is 9.53 Å². The van der Waals surface area contributed by atoms with E-state index >= 15 is 0 Å². The Hall–Kier alpha value is -2.75. The summed E-state index contributed by atoms with van der Waals surface area (Å²) in [6, 6.07) is 17.4. The van der Waals surface area contributed by atoms with Gasteiger partial charge in [-0.1, -0.05) is 43.7 Å². The fourth-order valence-electron chi connectivity index (χ4n) is 5.78. The maximum atomic E-state index is 13.0. The van der Waals surface area contributed by atoms with Gasteiger partial charge in [-0.3, -0.25) is 4.79 Å². The number of methoxy groups -OCH3 is 1. The highest BCUT2D eigenvalue weighted by Gasteiger charge is 2.49. The van der Waals surface area contributed by atoms with E-state index in [1.54, 1.807) is 7.11 Å². The van der Waals surface area contributed by atoms with Gasteiger partial charge >= 0.3 is 0 Å². The smallest absolute Gasteiger partial charge is 0.222 e. The molecule has 1 N–H and O–H groups in total. The number of ether oxygens (including phenoxy) is 1. The molecule has 0 saturated carbocycles. The van der Waals surface area contributed by atoms with Gasteiger partial charge in [0.15, 0.2) is 0 Å². The number of unbranched alkanes of at least 4 members (excludes halogenated alkanes) is 1. The van der Waals surface area contributed by atoms with E-state index in [4.69, 9.17) is 4.74 Å². The van der Waals surface area contributed by atoms with Crippen LogP contribution >= 0.6 is 0 Å². The zero-order chi connectivity index (χ0) is 20.7. The zero-order valence-corrected chi connectivity index (χ0v) is 17.9. The monoisotopic (exact) mass is 402 g/mol. The molecule has 2 atom stereocenters. The molecule has 1 amide bonds. The normalized spacial score (nSPS) is 22.7. The topological polar surface area (TPSA) is 45.3 Å². The fourth-order valence-corrected chi connectivity index (χ4v) is 5.78. The molecule has 5 rings (SSSR count). The second-order valence-electron chi connectivity index (χ2n) is 8.84. The third-order valence-electron chi connectivity index (χ3n) is 7.19. The largest absolute Gasteiger partial charge is 0.497 e. The van der Waals surface area contributed by atoms with Crippen molar-refractivity contribution in [3.63, 3.8) is 0 Å². The molecule has 2 heterocycles. The van der Waals surface area contributed by atoms with E-state index in [-0.39, 0.29) is 11.5 Å². The number of carbonyl (C=O) groups is 1. The number of carbonyl (C=O) groups excluding carboxylic acids is 1. The molecule has 30 heavy (non-hydrogen) atoms. The average molecular weight is 403 g/mol. The van der Waals surface area contributed by atoms with E-state index in [0.29, 0.717) is 12.3 Å². The molecule has 0 radical (unpaired) electrons. The summed E-state index contributed by atoms with van der Waals surface area (Å²) in [4.78, 5) is 18.8. The number of aromatic amines is 1. The molecule has 1 aromatic heterocycles. The number of nitrogens with one attached hydrogen (secondary N) is 1. The van der Waals surface area contributed by atoms with Gasteiger partial charge in [-0.15, -0.1) is 0 Å². The molecule has 0 spiro atoms. The standard InChI is InChI=1S/C26H30N2O2/c1-3-4-12-24(29)28-14-13-26(18-8-7-9-20(15-18)30-2)17-19(28)16-23-25(26)21-10-5-6-11-22(21)27-23/h5-11,15,19,27H,3-4,12-14,16-17H2,1-2H3/t19-,26-/m1/s1. The summed E-state index contributed by atoms with van der Waals surface area (Å²) in [7, 11) is 1.73. The minimum Gasteiger partial charge on any atom is -0.497 e. The van der Waals surface area contributed by atoms with E-state index < -0.39 is 0 Å². The third kappa shape index (κ3) is 2.92. The lowest BCUT2D eigenvalue weighted by Crippen LogP contribution is -2.55. The first-order valence-electron chi connectivity index (χ1n) is 11.2. The Morgan fingerprint density at radius 3 is 2.93 bits per heavy atom. The summed E-state index contributed by atoms with van der Waals surface area (Å²) < 4.78 is 5.57. The summed E-state index contributed by atoms with van der Waals surface area (Å²) >= 11 is 0. The molecule has 3 aromatic rings. The molecule has 1 fully saturated rings. The van der Waals surface area contributed by atoms with Crippen molar-refractivity contribution in [3.8, 4) is 5.75 Å². The Labute approximate surface area is 178 Å². The Morgan fingerprint density at radius 2 is 2.10 bits per heavy atom. The molecule has 1 aliphatic heterocycles. The molecule has 4 heteroatoms. The van der Waals surface area contributed by atoms with Crippen molar-refractivity contribution in [2.45, 2.75) is 56.9 Å². The molecule has 0 unspecified atom stereocenters. The van der Waals surface area contributed by atoms with E-state index in [1.165, 1.54) is 27.7 Å². The molecular weight excluding hydrogens is 372 g/mol. The van der Waals surface area contributed by atoms with Gasteiger partial charge in [0.25, 0.3) is 0 Å². The van der Waals surface area contributed by atoms with Crippen LogP contribution in [0.15, 0.2) is 48.5 Å². The van der Waals surface area contributed by atoms with Crippen LogP contribution in [-0.2, 0) is 16.6 Å². The van der Waals surface area contributed by atoms with Crippen molar-refractivity contribution in [1.82, 2.24) is 9.88 Å². The van der Waals surface area contributed by atoms with Crippen LogP contribution in [0.3, 0.4) is 0 Å². The van der Waals surface area contributed by atoms with Crippen molar-refractivity contribution in [2.24, 2.45) is 0 Å². The van der Waals surface area contributed by atoms with Gasteiger partial charge in [-0.2, -0.15) is 0 Å². The van der Waals surface area contributed by atoms with E-state index in [2.05, 4.69) is 59.3 Å². The lowest BCUT2D eigenvalue weighted by Gasteiger charge is -2.51. The van der Waals surface area contributed by atoms with Crippen LogP contribution in [0.2, 0.25) is 0 Å². The molecule has 2 aromatic carbocycles. The number of para-hydroxylation sites is 1. The first-order chi connectivity index (χ1) is 14.7. The van der Waals surface area contributed by atoms with Crippen LogP contribution in [0.25, 0.3) is 10.9 Å². The maximum absolute atomic E-state index is 13.0. The highest BCUT2D eigenvalue weighted by molar-refractivity contribution is 5.87. The average Bonchev–Trinajstić information content (AvgIpc) is 3.16. The Bertz CT molecular complexity index is 1090. The van der Waals surface area contributed by atoms with Crippen LogP contribution < -0.4 is 4.74 Å². The summed E-state index contributed by atoms with van der Waals surface area (Å²) in [5.74, 6) is 1.22. The van der Waals surface area contributed by atoms with Crippen molar-refractivity contribution in [3.05, 3.63) is 65.4 Å². The lowest BCUT2D eigenvalue weighted by molar-refractivity contribution is -0.136. The molecule has 2 bridgehead atoms. The van der Waals surface area contributed by atoms with Gasteiger partial charge in [-0.25, -0.2) is 0 Å². The Morgan fingerprint density at radius 1 is 1.23 bits per heavy atom. The second-order valence-corrected chi connectivity index (χ2v) is 8.84. The number of rotatable bonds is 5. The first-order valence-corrected chi connectivity index (χ1v) is 11.2. The van der Waals surface area contributed by atoms with Crippen molar-refractivity contribution >= 4 is 16.8 Å². The zero-order valence-electron chi connectivity index (χ0n) is 17.9. The van der Waals surface area contributed by atoms with Crippen LogP contribution in [0, 0.1) is 0 Å². The number of aromatic nitrogens is 1. The lowest BCUT2D eigenvalue weighted by atomic mass is 9.61. The minimum absolute atomic E-state index is 0.0894. The Balaban J connectivity index is 1.65. The summed E-state index contributed by atoms with van der Waals surface area (Å²) in [6.07, 6.45) is 5.54. The highest BCUT2D eigenvalue weighted by atomic mass is 16.5. The maximum Gasteiger partial charge on any atom is 0.222 e. The van der Waals surface area contributed by atoms with E-state index in [1.807, 2.05) is 6.07 Å². The van der Waals surface area contributed by atoms with Crippen LogP contribution in [-0.4, -0.2) is 35.5 Å². The van der Waals surface area contributed by atoms with Crippen LogP contribution in [0.5, 0.6) is 5.75 Å². The number of amides is 1. The molecule has 4 nitrogen and oxygen atoms in total. The van der Waals surface area contributed by atoms with Gasteiger partial charge in [0.2, 0.25) is 5.91 Å². The summed E-state index contributed by atoms with van der Waals surface area (Å²) in [6.45, 7) is 2.97. The number of piperidine rings is 1. The second kappa shape index (κ2) is 7.50. The summed E-state index contributed by atoms with van der Waals surface area (Å²) in [5, 5.41) is 1.32. The first kappa shape index (κ1) is 19.2. The molecule has 1 saturated heterocycles. The van der Waals surface area contributed by atoms with Crippen LogP contribution in [0.1, 0.15) is 55.8 Å². The number of hydrogen-bond donors (Lipinski definition) is 1. The molecule has 156 valence electrons. The predicted molar refractivity (Wildman–Crippen MR) is 120 cm³/mol. The summed E-state index contributed by atoms with van der Waals surface area (Å²) in [5.41, 5.74) is 5.14. The number of nitrogens with zero attached hydrogens (tertiary/aromatic N) is 1. The highest BCUT2D eigenvalue weighted by Crippen LogP contribution is 2.52. The minimum atomic E-state index is -0.0894. The predicted octanol–water partition coefficient (Wildman–Crippen LogP) is 5.20. The quantitative estimate of drug-likeness (QED) is 0.637. The van der Waals surface area contributed by atoms with Crippen molar-refractivity contribution in [1.29, 1.82) is 0 Å². The fraction of sp³-hybridized carbons (Fsp3) is 0.423. The molecule has 2 aliphatic rings. The van der Waals surface area contributed by atoms with Crippen LogP contribution in [0.4, 0.5) is 0 Å². The number of H-pyrrole nitrogens is 1. The van der Waals surface area contributed by atoms with Gasteiger partial charge < -0.3 is 14.6 Å². The number of fused-ring (bicyclic) bond motifs is 6. The third-order valence-corrected chi connectivity index (χ3v) is 7.19. The van der Waals surface area contributed by atoms with Gasteiger partial charge in [-0.05, 0) is 48.6 Å². The van der Waals surface area contributed by atoms with Gasteiger partial charge in [0.05, 0.1) is 7.11 Å².